The average Bonchev–Trinajstić information content (AvgIpc) is 2.83. The zero-order valence-electron chi connectivity index (χ0n) is 17.7. The van der Waals surface area contributed by atoms with Crippen LogP contribution in [0.2, 0.25) is 0 Å². The van der Waals surface area contributed by atoms with Crippen LogP contribution in [0, 0.1) is 0 Å². The Bertz CT molecular complexity index is 1100. The molecule has 0 radical (unpaired) electrons. The van der Waals surface area contributed by atoms with Crippen molar-refractivity contribution in [2.75, 3.05) is 0 Å². The fourth-order valence-electron chi connectivity index (χ4n) is 2.88. The van der Waals surface area contributed by atoms with Gasteiger partial charge in [0.15, 0.2) is 5.78 Å². The van der Waals surface area contributed by atoms with Gasteiger partial charge in [-0.25, -0.2) is 28.1 Å². The number of ketones is 1. The Labute approximate surface area is 185 Å². The quantitative estimate of drug-likeness (QED) is 0.406. The first kappa shape index (κ1) is 24.0. The molecule has 0 bridgehead atoms. The molecule has 1 aromatic heterocycles. The van der Waals surface area contributed by atoms with Gasteiger partial charge in [-0.2, -0.15) is 0 Å². The molecule has 0 aliphatic heterocycles. The first-order valence-electron chi connectivity index (χ1n) is 9.88. The van der Waals surface area contributed by atoms with Crippen LogP contribution >= 0.6 is 0 Å². The second-order valence-corrected chi connectivity index (χ2v) is 6.61. The fourth-order valence-corrected chi connectivity index (χ4v) is 2.88. The molecular weight excluding hydrogens is 406 g/mol. The van der Waals surface area contributed by atoms with Crippen molar-refractivity contribution in [1.82, 2.24) is 13.7 Å². The van der Waals surface area contributed by atoms with Crippen LogP contribution in [0.1, 0.15) is 15.9 Å². The highest BCUT2D eigenvalue weighted by molar-refractivity contribution is 6.08. The molecule has 7 heteroatoms. The highest BCUT2D eigenvalue weighted by atomic mass is 16.2. The maximum Gasteiger partial charge on any atom is 0.336 e. The van der Waals surface area contributed by atoms with E-state index in [1.807, 2.05) is 60.7 Å². The summed E-state index contributed by atoms with van der Waals surface area (Å²) >= 11 is 0. The lowest BCUT2D eigenvalue weighted by Crippen LogP contribution is -2.54. The number of hydrogen-bond donors (Lipinski definition) is 0. The molecule has 164 valence electrons. The SMILES string of the molecule is C=CCn1c(=O)n(CC=C)c(=O)n(CC=C)c1=O.O=C(c1ccccc1)c1ccccc1. The topological polar surface area (TPSA) is 83.1 Å². The maximum absolute atomic E-state index is 11.9. The second kappa shape index (κ2) is 11.8. The summed E-state index contributed by atoms with van der Waals surface area (Å²) in [7, 11) is 0. The molecule has 0 saturated heterocycles. The predicted octanol–water partition coefficient (Wildman–Crippen LogP) is 2.65. The van der Waals surface area contributed by atoms with Gasteiger partial charge in [0.05, 0.1) is 19.6 Å². The van der Waals surface area contributed by atoms with Gasteiger partial charge in [-0.05, 0) is 0 Å². The summed E-state index contributed by atoms with van der Waals surface area (Å²) < 4.78 is 2.84. The highest BCUT2D eigenvalue weighted by Gasteiger charge is 2.12. The van der Waals surface area contributed by atoms with Gasteiger partial charge < -0.3 is 0 Å². The Morgan fingerprint density at radius 1 is 0.594 bits per heavy atom. The van der Waals surface area contributed by atoms with Crippen molar-refractivity contribution in [1.29, 1.82) is 0 Å². The molecule has 0 N–H and O–H groups in total. The third kappa shape index (κ3) is 5.66. The monoisotopic (exact) mass is 431 g/mol. The van der Waals surface area contributed by atoms with E-state index in [4.69, 9.17) is 0 Å². The van der Waals surface area contributed by atoms with Crippen molar-refractivity contribution in [3.8, 4) is 0 Å². The van der Waals surface area contributed by atoms with Crippen molar-refractivity contribution >= 4 is 5.78 Å². The van der Waals surface area contributed by atoms with Gasteiger partial charge in [0.25, 0.3) is 0 Å². The van der Waals surface area contributed by atoms with E-state index < -0.39 is 17.1 Å². The largest absolute Gasteiger partial charge is 0.336 e. The zero-order chi connectivity index (χ0) is 23.5. The van der Waals surface area contributed by atoms with E-state index in [0.717, 1.165) is 24.8 Å². The van der Waals surface area contributed by atoms with Crippen LogP contribution in [0.5, 0.6) is 0 Å². The number of hydrogen-bond acceptors (Lipinski definition) is 4. The Morgan fingerprint density at radius 2 is 0.875 bits per heavy atom. The number of benzene rings is 2. The average molecular weight is 431 g/mol. The van der Waals surface area contributed by atoms with Gasteiger partial charge in [-0.1, -0.05) is 78.9 Å². The third-order valence-electron chi connectivity index (χ3n) is 4.39. The second-order valence-electron chi connectivity index (χ2n) is 6.61. The minimum Gasteiger partial charge on any atom is -0.289 e. The summed E-state index contributed by atoms with van der Waals surface area (Å²) in [4.78, 5) is 47.7. The Morgan fingerprint density at radius 3 is 1.12 bits per heavy atom. The molecule has 2 aromatic carbocycles. The molecule has 0 atom stereocenters. The van der Waals surface area contributed by atoms with Gasteiger partial charge in [0, 0.05) is 11.1 Å². The molecule has 0 aliphatic rings. The smallest absolute Gasteiger partial charge is 0.289 e. The number of allylic oxidation sites excluding steroid dienone is 3. The summed E-state index contributed by atoms with van der Waals surface area (Å²) in [6.07, 6.45) is 4.26. The predicted molar refractivity (Wildman–Crippen MR) is 126 cm³/mol. The molecule has 1 heterocycles. The number of carbonyl (C=O) groups is 1. The van der Waals surface area contributed by atoms with E-state index in [0.29, 0.717) is 0 Å². The molecule has 0 fully saturated rings. The molecule has 3 aromatic rings. The summed E-state index contributed by atoms with van der Waals surface area (Å²) in [6.45, 7) is 10.6. The first-order chi connectivity index (χ1) is 15.5. The van der Waals surface area contributed by atoms with Crippen molar-refractivity contribution < 1.29 is 4.79 Å². The number of rotatable bonds is 8. The highest BCUT2D eigenvalue weighted by Crippen LogP contribution is 2.08. The van der Waals surface area contributed by atoms with Gasteiger partial charge in [0.1, 0.15) is 0 Å². The van der Waals surface area contributed by atoms with Crippen LogP contribution in [0.4, 0.5) is 0 Å². The van der Waals surface area contributed by atoms with Crippen molar-refractivity contribution in [2.24, 2.45) is 0 Å². The van der Waals surface area contributed by atoms with E-state index in [2.05, 4.69) is 19.7 Å². The molecule has 7 nitrogen and oxygen atoms in total. The lowest BCUT2D eigenvalue weighted by atomic mass is 10.0. The van der Waals surface area contributed by atoms with Crippen LogP contribution in [0.3, 0.4) is 0 Å². The van der Waals surface area contributed by atoms with Gasteiger partial charge in [-0.15, -0.1) is 19.7 Å². The van der Waals surface area contributed by atoms with E-state index in [-0.39, 0.29) is 25.4 Å². The Hall–Kier alpha value is -4.26. The van der Waals surface area contributed by atoms with Crippen molar-refractivity contribution in [3.63, 3.8) is 0 Å². The fraction of sp³-hybridized carbons (Fsp3) is 0.120. The summed E-state index contributed by atoms with van der Waals surface area (Å²) in [6, 6.07) is 18.6. The first-order valence-corrected chi connectivity index (χ1v) is 9.88. The number of aromatic nitrogens is 3. The summed E-state index contributed by atoms with van der Waals surface area (Å²) in [5.41, 5.74) is -0.516. The zero-order valence-corrected chi connectivity index (χ0v) is 17.7. The summed E-state index contributed by atoms with van der Waals surface area (Å²) in [5.74, 6) is 0.0752. The van der Waals surface area contributed by atoms with E-state index >= 15 is 0 Å². The maximum atomic E-state index is 11.9. The third-order valence-corrected chi connectivity index (χ3v) is 4.39. The molecule has 0 aliphatic carbocycles. The van der Waals surface area contributed by atoms with Crippen molar-refractivity contribution in [2.45, 2.75) is 19.6 Å². The van der Waals surface area contributed by atoms with Crippen LogP contribution in [-0.2, 0) is 19.6 Å². The number of carbonyl (C=O) groups excluding carboxylic acids is 1. The van der Waals surface area contributed by atoms with E-state index in [1.54, 1.807) is 0 Å². The Balaban J connectivity index is 0.000000233. The van der Waals surface area contributed by atoms with Crippen LogP contribution < -0.4 is 17.1 Å². The molecule has 0 amide bonds. The Kier molecular flexibility index (Phi) is 8.86. The van der Waals surface area contributed by atoms with Crippen LogP contribution in [0.25, 0.3) is 0 Å². The molecule has 32 heavy (non-hydrogen) atoms. The van der Waals surface area contributed by atoms with Gasteiger partial charge in [0.2, 0.25) is 0 Å². The lowest BCUT2D eigenvalue weighted by Gasteiger charge is -2.10. The molecule has 0 spiro atoms. The van der Waals surface area contributed by atoms with Crippen molar-refractivity contribution in [3.05, 3.63) is 141 Å². The standard InChI is InChI=1S/C13H10O.C12H15N3O3/c14-13(11-7-3-1-4-8-11)12-9-5-2-6-10-12;1-4-7-13-10(16)14(8-5-2)12(18)15(9-6-3)11(13)17/h1-10H;4-6H,1-3,7-9H2. The van der Waals surface area contributed by atoms with E-state index in [1.165, 1.54) is 18.2 Å². The molecule has 3 rings (SSSR count). The van der Waals surface area contributed by atoms with Crippen LogP contribution in [0.15, 0.2) is 113 Å². The van der Waals surface area contributed by atoms with Crippen LogP contribution in [-0.4, -0.2) is 19.5 Å². The minimum atomic E-state index is -0.662. The van der Waals surface area contributed by atoms with Gasteiger partial charge in [-0.3, -0.25) is 4.79 Å². The minimum absolute atomic E-state index is 0.0478. The van der Waals surface area contributed by atoms with E-state index in [9.17, 15) is 19.2 Å². The lowest BCUT2D eigenvalue weighted by molar-refractivity contribution is 0.103. The molecule has 0 saturated carbocycles. The number of nitrogens with zero attached hydrogens (tertiary/aromatic N) is 3. The summed E-state index contributed by atoms with van der Waals surface area (Å²) in [5, 5.41) is 0. The normalized spacial score (nSPS) is 9.88. The molecular formula is C25H25N3O4. The molecule has 0 unspecified atom stereocenters. The van der Waals surface area contributed by atoms with Gasteiger partial charge >= 0.3 is 17.1 Å².